The number of amides is 1. The molecule has 0 aliphatic rings. The fourth-order valence-electron chi connectivity index (χ4n) is 1.52. The standard InChI is InChI=1S/C14H14N2O2/c1-16-14(17)10-3-2-4-13(9-10)18-12-7-5-11(15)6-8-12/h2-9H,15H2,1H3,(H,16,17). The molecular formula is C14H14N2O2. The number of carbonyl (C=O) groups is 1. The lowest BCUT2D eigenvalue weighted by atomic mass is 10.2. The largest absolute Gasteiger partial charge is 0.457 e. The third kappa shape index (κ3) is 2.79. The molecule has 4 nitrogen and oxygen atoms in total. The number of rotatable bonds is 3. The molecule has 0 unspecified atom stereocenters. The highest BCUT2D eigenvalue weighted by Crippen LogP contribution is 2.23. The van der Waals surface area contributed by atoms with Crippen molar-refractivity contribution in [3.8, 4) is 11.5 Å². The third-order valence-corrected chi connectivity index (χ3v) is 2.44. The lowest BCUT2D eigenvalue weighted by Crippen LogP contribution is -2.17. The van der Waals surface area contributed by atoms with Crippen molar-refractivity contribution >= 4 is 11.6 Å². The topological polar surface area (TPSA) is 64.3 Å². The van der Waals surface area contributed by atoms with Crippen molar-refractivity contribution in [1.82, 2.24) is 5.32 Å². The number of nitrogens with one attached hydrogen (secondary N) is 1. The van der Waals surface area contributed by atoms with Crippen molar-refractivity contribution in [2.45, 2.75) is 0 Å². The summed E-state index contributed by atoms with van der Waals surface area (Å²) in [6, 6.07) is 14.1. The molecule has 0 saturated heterocycles. The Labute approximate surface area is 105 Å². The molecule has 1 amide bonds. The molecule has 2 rings (SSSR count). The van der Waals surface area contributed by atoms with E-state index in [4.69, 9.17) is 10.5 Å². The number of nitrogen functional groups attached to an aromatic ring is 1. The van der Waals surface area contributed by atoms with Crippen molar-refractivity contribution in [1.29, 1.82) is 0 Å². The van der Waals surface area contributed by atoms with Crippen LogP contribution in [-0.4, -0.2) is 13.0 Å². The van der Waals surface area contributed by atoms with Gasteiger partial charge in [0.05, 0.1) is 0 Å². The van der Waals surface area contributed by atoms with Gasteiger partial charge in [-0.05, 0) is 42.5 Å². The predicted molar refractivity (Wildman–Crippen MR) is 70.8 cm³/mol. The van der Waals surface area contributed by atoms with Crippen molar-refractivity contribution in [3.63, 3.8) is 0 Å². The van der Waals surface area contributed by atoms with E-state index in [1.807, 2.05) is 0 Å². The number of nitrogens with two attached hydrogens (primary N) is 1. The highest BCUT2D eigenvalue weighted by molar-refractivity contribution is 5.94. The van der Waals surface area contributed by atoms with E-state index < -0.39 is 0 Å². The van der Waals surface area contributed by atoms with Gasteiger partial charge in [0.1, 0.15) is 11.5 Å². The Morgan fingerprint density at radius 1 is 1.11 bits per heavy atom. The first kappa shape index (κ1) is 12.0. The van der Waals surface area contributed by atoms with E-state index in [1.54, 1.807) is 55.6 Å². The van der Waals surface area contributed by atoms with Crippen molar-refractivity contribution in [2.24, 2.45) is 0 Å². The molecule has 2 aromatic carbocycles. The lowest BCUT2D eigenvalue weighted by Gasteiger charge is -2.07. The summed E-state index contributed by atoms with van der Waals surface area (Å²) in [5.74, 6) is 1.15. The van der Waals surface area contributed by atoms with Gasteiger partial charge in [-0.15, -0.1) is 0 Å². The summed E-state index contributed by atoms with van der Waals surface area (Å²) >= 11 is 0. The summed E-state index contributed by atoms with van der Waals surface area (Å²) in [5.41, 5.74) is 6.84. The van der Waals surface area contributed by atoms with Crippen molar-refractivity contribution in [3.05, 3.63) is 54.1 Å². The van der Waals surface area contributed by atoms with Gasteiger partial charge in [-0.3, -0.25) is 4.79 Å². The molecule has 0 atom stereocenters. The zero-order valence-corrected chi connectivity index (χ0v) is 10.0. The summed E-state index contributed by atoms with van der Waals surface area (Å²) in [5, 5.41) is 2.57. The van der Waals surface area contributed by atoms with Crippen LogP contribution in [0.1, 0.15) is 10.4 Å². The Kier molecular flexibility index (Phi) is 3.48. The van der Waals surface area contributed by atoms with Crippen LogP contribution in [0, 0.1) is 0 Å². The molecule has 0 heterocycles. The minimum Gasteiger partial charge on any atom is -0.457 e. The van der Waals surface area contributed by atoms with E-state index >= 15 is 0 Å². The minimum atomic E-state index is -0.141. The van der Waals surface area contributed by atoms with E-state index in [-0.39, 0.29) is 5.91 Å². The zero-order valence-electron chi connectivity index (χ0n) is 10.0. The zero-order chi connectivity index (χ0) is 13.0. The van der Waals surface area contributed by atoms with E-state index in [0.717, 1.165) is 0 Å². The number of ether oxygens (including phenoxy) is 1. The normalized spacial score (nSPS) is 9.83. The summed E-state index contributed by atoms with van der Waals surface area (Å²) in [7, 11) is 1.59. The fraction of sp³-hybridized carbons (Fsp3) is 0.0714. The van der Waals surface area contributed by atoms with Crippen LogP contribution < -0.4 is 15.8 Å². The van der Waals surface area contributed by atoms with Crippen LogP contribution >= 0.6 is 0 Å². The van der Waals surface area contributed by atoms with Gasteiger partial charge >= 0.3 is 0 Å². The van der Waals surface area contributed by atoms with E-state index in [0.29, 0.717) is 22.7 Å². The van der Waals surface area contributed by atoms with Gasteiger partial charge in [-0.25, -0.2) is 0 Å². The van der Waals surface area contributed by atoms with Crippen molar-refractivity contribution in [2.75, 3.05) is 12.8 Å². The molecule has 0 aliphatic heterocycles. The van der Waals surface area contributed by atoms with Gasteiger partial charge in [0.25, 0.3) is 5.91 Å². The van der Waals surface area contributed by atoms with Crippen molar-refractivity contribution < 1.29 is 9.53 Å². The molecule has 2 aromatic rings. The second-order valence-corrected chi connectivity index (χ2v) is 3.78. The highest BCUT2D eigenvalue weighted by atomic mass is 16.5. The summed E-state index contributed by atoms with van der Waals surface area (Å²) in [6.07, 6.45) is 0. The number of hydrogen-bond acceptors (Lipinski definition) is 3. The minimum absolute atomic E-state index is 0.141. The molecule has 0 bridgehead atoms. The Hall–Kier alpha value is -2.49. The molecule has 0 fully saturated rings. The quantitative estimate of drug-likeness (QED) is 0.812. The lowest BCUT2D eigenvalue weighted by molar-refractivity contribution is 0.0963. The van der Waals surface area contributed by atoms with Crippen LogP contribution in [0.2, 0.25) is 0 Å². The smallest absolute Gasteiger partial charge is 0.251 e. The molecule has 0 aliphatic carbocycles. The van der Waals surface area contributed by atoms with Gasteiger partial charge < -0.3 is 15.8 Å². The molecule has 0 radical (unpaired) electrons. The predicted octanol–water partition coefficient (Wildman–Crippen LogP) is 2.42. The van der Waals surface area contributed by atoms with Gasteiger partial charge in [0, 0.05) is 18.3 Å². The van der Waals surface area contributed by atoms with E-state index in [2.05, 4.69) is 5.32 Å². The molecule has 4 heteroatoms. The maximum atomic E-state index is 11.5. The molecule has 0 saturated carbocycles. The third-order valence-electron chi connectivity index (χ3n) is 2.44. The maximum Gasteiger partial charge on any atom is 0.251 e. The van der Waals surface area contributed by atoms with Gasteiger partial charge in [-0.2, -0.15) is 0 Å². The van der Waals surface area contributed by atoms with Crippen LogP contribution in [0.25, 0.3) is 0 Å². The van der Waals surface area contributed by atoms with Gasteiger partial charge in [-0.1, -0.05) is 6.07 Å². The summed E-state index contributed by atoms with van der Waals surface area (Å²) < 4.78 is 5.63. The average molecular weight is 242 g/mol. The average Bonchev–Trinajstić information content (AvgIpc) is 2.41. The second-order valence-electron chi connectivity index (χ2n) is 3.78. The van der Waals surface area contributed by atoms with E-state index in [1.165, 1.54) is 0 Å². The summed E-state index contributed by atoms with van der Waals surface area (Å²) in [4.78, 5) is 11.5. The molecule has 3 N–H and O–H groups in total. The highest BCUT2D eigenvalue weighted by Gasteiger charge is 2.04. The Morgan fingerprint density at radius 3 is 2.50 bits per heavy atom. The molecule has 92 valence electrons. The van der Waals surface area contributed by atoms with Crippen LogP contribution in [-0.2, 0) is 0 Å². The first-order valence-electron chi connectivity index (χ1n) is 5.54. The summed E-state index contributed by atoms with van der Waals surface area (Å²) in [6.45, 7) is 0. The van der Waals surface area contributed by atoms with Gasteiger partial charge in [0.15, 0.2) is 0 Å². The van der Waals surface area contributed by atoms with Crippen LogP contribution in [0.5, 0.6) is 11.5 Å². The van der Waals surface area contributed by atoms with Crippen LogP contribution in [0.4, 0.5) is 5.69 Å². The molecular weight excluding hydrogens is 228 g/mol. The van der Waals surface area contributed by atoms with E-state index in [9.17, 15) is 4.79 Å². The number of benzene rings is 2. The Balaban J connectivity index is 2.19. The number of hydrogen-bond donors (Lipinski definition) is 2. The van der Waals surface area contributed by atoms with Crippen LogP contribution in [0.3, 0.4) is 0 Å². The van der Waals surface area contributed by atoms with Gasteiger partial charge in [0.2, 0.25) is 0 Å². The Morgan fingerprint density at radius 2 is 1.83 bits per heavy atom. The molecule has 18 heavy (non-hydrogen) atoms. The maximum absolute atomic E-state index is 11.5. The second kappa shape index (κ2) is 5.23. The molecule has 0 spiro atoms. The first-order chi connectivity index (χ1) is 8.69. The monoisotopic (exact) mass is 242 g/mol. The molecule has 0 aromatic heterocycles. The number of anilines is 1. The fourth-order valence-corrected chi connectivity index (χ4v) is 1.52. The first-order valence-corrected chi connectivity index (χ1v) is 5.54. The van der Waals surface area contributed by atoms with Crippen LogP contribution in [0.15, 0.2) is 48.5 Å². The SMILES string of the molecule is CNC(=O)c1cccc(Oc2ccc(N)cc2)c1. The number of carbonyl (C=O) groups excluding carboxylic acids is 1. The Bertz CT molecular complexity index is 550.